The third-order valence-electron chi connectivity index (χ3n) is 4.62. The highest BCUT2D eigenvalue weighted by atomic mass is 32.2. The summed E-state index contributed by atoms with van der Waals surface area (Å²) in [6.07, 6.45) is 2.35. The molecule has 30 heavy (non-hydrogen) atoms. The van der Waals surface area contributed by atoms with E-state index in [-0.39, 0.29) is 6.42 Å². The molecule has 0 aliphatic carbocycles. The lowest BCUT2D eigenvalue weighted by Crippen LogP contribution is -2.57. The summed E-state index contributed by atoms with van der Waals surface area (Å²) in [5.74, 6) is -3.74. The second-order valence-electron chi connectivity index (χ2n) is 6.89. The van der Waals surface area contributed by atoms with Gasteiger partial charge in [0.1, 0.15) is 24.2 Å². The average molecular weight is 448 g/mol. The fourth-order valence-corrected chi connectivity index (χ4v) is 3.51. The summed E-state index contributed by atoms with van der Waals surface area (Å²) in [5.41, 5.74) is 10.6. The van der Waals surface area contributed by atoms with E-state index in [1.165, 1.54) is 16.7 Å². The molecule has 1 aliphatic rings. The zero-order chi connectivity index (χ0) is 22.8. The lowest BCUT2D eigenvalue weighted by molar-refractivity contribution is -0.144. The van der Waals surface area contributed by atoms with Crippen LogP contribution in [0, 0.1) is 0 Å². The molecule has 0 bridgehead atoms. The highest BCUT2D eigenvalue weighted by molar-refractivity contribution is 7.98. The molecule has 13 heteroatoms. The largest absolute Gasteiger partial charge is 0.480 e. The third-order valence-corrected chi connectivity index (χ3v) is 5.26. The van der Waals surface area contributed by atoms with Gasteiger partial charge in [0.15, 0.2) is 0 Å². The summed E-state index contributed by atoms with van der Waals surface area (Å²) < 4.78 is 0. The number of aliphatic hydroxyl groups excluding tert-OH is 1. The Kier molecular flexibility index (Phi) is 10.6. The van der Waals surface area contributed by atoms with E-state index >= 15 is 0 Å². The number of aliphatic carboxylic acids is 1. The fourth-order valence-electron chi connectivity index (χ4n) is 3.04. The summed E-state index contributed by atoms with van der Waals surface area (Å²) in [6.45, 7) is -0.259. The Bertz CT molecular complexity index is 662. The maximum atomic E-state index is 12.8. The minimum atomic E-state index is -1.52. The Labute approximate surface area is 178 Å². The Morgan fingerprint density at radius 3 is 2.40 bits per heavy atom. The van der Waals surface area contributed by atoms with E-state index in [1.807, 2.05) is 0 Å². The first-order chi connectivity index (χ1) is 14.1. The highest BCUT2D eigenvalue weighted by Crippen LogP contribution is 2.19. The number of carboxylic acids is 1. The second-order valence-corrected chi connectivity index (χ2v) is 7.88. The van der Waals surface area contributed by atoms with Crippen LogP contribution < -0.4 is 22.1 Å². The van der Waals surface area contributed by atoms with Crippen LogP contribution in [0.5, 0.6) is 0 Å². The van der Waals surface area contributed by atoms with Gasteiger partial charge in [-0.05, 0) is 31.3 Å². The summed E-state index contributed by atoms with van der Waals surface area (Å²) in [7, 11) is 0. The Morgan fingerprint density at radius 1 is 1.20 bits per heavy atom. The Hall–Kier alpha value is -2.38. The van der Waals surface area contributed by atoms with Crippen molar-refractivity contribution < 1.29 is 34.2 Å². The van der Waals surface area contributed by atoms with Gasteiger partial charge in [-0.2, -0.15) is 11.8 Å². The number of amides is 4. The standard InChI is InChI=1S/C17H29N5O7S/c1-30-6-4-10(14(25)21-11(17(28)29)7-13(19)24)20-15(26)12-3-2-5-22(12)16(27)9(18)8-23/h9-12,23H,2-8,18H2,1H3,(H2,19,24)(H,20,26)(H,21,25)(H,28,29). The van der Waals surface area contributed by atoms with Gasteiger partial charge >= 0.3 is 5.97 Å². The number of nitrogens with zero attached hydrogens (tertiary/aromatic N) is 1. The predicted molar refractivity (Wildman–Crippen MR) is 108 cm³/mol. The molecule has 0 radical (unpaired) electrons. The van der Waals surface area contributed by atoms with E-state index in [1.54, 1.807) is 6.26 Å². The molecule has 12 nitrogen and oxygen atoms in total. The van der Waals surface area contributed by atoms with Crippen LogP contribution >= 0.6 is 11.8 Å². The topological polar surface area (TPSA) is 205 Å². The van der Waals surface area contributed by atoms with Gasteiger partial charge in [0.05, 0.1) is 13.0 Å². The van der Waals surface area contributed by atoms with Gasteiger partial charge in [-0.15, -0.1) is 0 Å². The second kappa shape index (κ2) is 12.3. The zero-order valence-corrected chi connectivity index (χ0v) is 17.5. The molecule has 1 fully saturated rings. The van der Waals surface area contributed by atoms with E-state index in [4.69, 9.17) is 21.7 Å². The molecule has 0 spiro atoms. The minimum Gasteiger partial charge on any atom is -0.480 e. The summed E-state index contributed by atoms with van der Waals surface area (Å²) in [5, 5.41) is 23.0. The van der Waals surface area contributed by atoms with Crippen LogP contribution in [0.1, 0.15) is 25.7 Å². The first kappa shape index (κ1) is 25.7. The average Bonchev–Trinajstić information content (AvgIpc) is 3.18. The maximum absolute atomic E-state index is 12.8. The van der Waals surface area contributed by atoms with Crippen LogP contribution in [-0.4, -0.2) is 94.0 Å². The van der Waals surface area contributed by atoms with Crippen LogP contribution in [0.15, 0.2) is 0 Å². The van der Waals surface area contributed by atoms with Gasteiger partial charge in [0.2, 0.25) is 23.6 Å². The number of aliphatic hydroxyl groups is 1. The molecular formula is C17H29N5O7S. The van der Waals surface area contributed by atoms with E-state index in [0.29, 0.717) is 25.1 Å². The number of hydrogen-bond donors (Lipinski definition) is 6. The first-order valence-corrected chi connectivity index (χ1v) is 10.8. The smallest absolute Gasteiger partial charge is 0.326 e. The number of nitrogens with two attached hydrogens (primary N) is 2. The van der Waals surface area contributed by atoms with Crippen LogP contribution in [0.4, 0.5) is 0 Å². The summed E-state index contributed by atoms with van der Waals surface area (Å²) >= 11 is 1.42. The number of thioether (sulfide) groups is 1. The van der Waals surface area contributed by atoms with E-state index in [2.05, 4.69) is 10.6 Å². The number of carbonyl (C=O) groups is 5. The fraction of sp³-hybridized carbons (Fsp3) is 0.706. The number of rotatable bonds is 12. The summed E-state index contributed by atoms with van der Waals surface area (Å²) in [6, 6.07) is -4.57. The van der Waals surface area contributed by atoms with Crippen molar-refractivity contribution in [1.82, 2.24) is 15.5 Å². The van der Waals surface area contributed by atoms with E-state index in [9.17, 15) is 24.0 Å². The molecule has 1 aliphatic heterocycles. The van der Waals surface area contributed by atoms with Crippen LogP contribution in [0.2, 0.25) is 0 Å². The molecule has 1 heterocycles. The number of likely N-dealkylation sites (tertiary alicyclic amines) is 1. The van der Waals surface area contributed by atoms with Gasteiger partial charge in [0.25, 0.3) is 0 Å². The van der Waals surface area contributed by atoms with Crippen molar-refractivity contribution in [2.24, 2.45) is 11.5 Å². The van der Waals surface area contributed by atoms with Crippen LogP contribution in [-0.2, 0) is 24.0 Å². The zero-order valence-electron chi connectivity index (χ0n) is 16.7. The number of hydrogen-bond acceptors (Lipinski definition) is 8. The molecule has 4 atom stereocenters. The molecule has 170 valence electrons. The monoisotopic (exact) mass is 447 g/mol. The maximum Gasteiger partial charge on any atom is 0.326 e. The van der Waals surface area contributed by atoms with Crippen molar-refractivity contribution in [2.75, 3.05) is 25.2 Å². The minimum absolute atomic E-state index is 0.207. The lowest BCUT2D eigenvalue weighted by atomic mass is 10.1. The van der Waals surface area contributed by atoms with E-state index < -0.39 is 66.8 Å². The van der Waals surface area contributed by atoms with Gasteiger partial charge in [-0.1, -0.05) is 0 Å². The van der Waals surface area contributed by atoms with Crippen molar-refractivity contribution >= 4 is 41.4 Å². The number of carboxylic acid groups (broad SMARTS) is 1. The third kappa shape index (κ3) is 7.46. The molecule has 0 aromatic carbocycles. The lowest BCUT2D eigenvalue weighted by Gasteiger charge is -2.28. The molecule has 0 aromatic heterocycles. The predicted octanol–water partition coefficient (Wildman–Crippen LogP) is -3.02. The number of nitrogens with one attached hydrogen (secondary N) is 2. The molecular weight excluding hydrogens is 418 g/mol. The highest BCUT2D eigenvalue weighted by Gasteiger charge is 2.37. The summed E-state index contributed by atoms with van der Waals surface area (Å²) in [4.78, 5) is 61.2. The van der Waals surface area contributed by atoms with Crippen LogP contribution in [0.25, 0.3) is 0 Å². The molecule has 0 saturated carbocycles. The van der Waals surface area contributed by atoms with Crippen LogP contribution in [0.3, 0.4) is 0 Å². The Balaban J connectivity index is 2.88. The first-order valence-electron chi connectivity index (χ1n) is 9.40. The van der Waals surface area contributed by atoms with Gasteiger partial charge in [-0.3, -0.25) is 19.2 Å². The molecule has 4 unspecified atom stereocenters. The van der Waals surface area contributed by atoms with Gasteiger partial charge in [-0.25, -0.2) is 4.79 Å². The van der Waals surface area contributed by atoms with Gasteiger partial charge in [0, 0.05) is 6.54 Å². The van der Waals surface area contributed by atoms with Crippen molar-refractivity contribution in [3.05, 3.63) is 0 Å². The van der Waals surface area contributed by atoms with Crippen molar-refractivity contribution in [1.29, 1.82) is 0 Å². The van der Waals surface area contributed by atoms with Crippen molar-refractivity contribution in [3.8, 4) is 0 Å². The molecule has 1 saturated heterocycles. The molecule has 4 amide bonds. The SMILES string of the molecule is CSCCC(NC(=O)C1CCCN1C(=O)C(N)CO)C(=O)NC(CC(N)=O)C(=O)O. The number of primary amides is 1. The number of carbonyl (C=O) groups excluding carboxylic acids is 4. The van der Waals surface area contributed by atoms with Gasteiger partial charge < -0.3 is 37.2 Å². The molecule has 8 N–H and O–H groups in total. The van der Waals surface area contributed by atoms with Crippen molar-refractivity contribution in [2.45, 2.75) is 49.9 Å². The van der Waals surface area contributed by atoms with Crippen molar-refractivity contribution in [3.63, 3.8) is 0 Å². The Morgan fingerprint density at radius 2 is 1.87 bits per heavy atom. The quantitative estimate of drug-likeness (QED) is 0.180. The normalized spacial score (nSPS) is 18.9. The molecule has 0 aromatic rings. The molecule has 1 rings (SSSR count). The van der Waals surface area contributed by atoms with E-state index in [0.717, 1.165) is 0 Å².